The molecule has 2 N–H and O–H groups in total. The Balaban J connectivity index is 2.08. The van der Waals surface area contributed by atoms with Crippen molar-refractivity contribution in [3.05, 3.63) is 53.1 Å². The number of hydrogen-bond acceptors (Lipinski definition) is 4. The van der Waals surface area contributed by atoms with Gasteiger partial charge in [0.2, 0.25) is 0 Å². The first-order valence-corrected chi connectivity index (χ1v) is 7.11. The first-order valence-electron chi connectivity index (χ1n) is 6.73. The van der Waals surface area contributed by atoms with E-state index in [9.17, 15) is 4.39 Å². The van der Waals surface area contributed by atoms with Crippen molar-refractivity contribution in [3.8, 4) is 0 Å². The first-order chi connectivity index (χ1) is 10.6. The number of aromatic nitrogens is 2. The number of fused-ring (bicyclic) bond motifs is 1. The number of hydrogen-bond donors (Lipinski definition) is 2. The summed E-state index contributed by atoms with van der Waals surface area (Å²) in [4.78, 5) is 8.56. The smallest absolute Gasteiger partial charge is 0.141 e. The Morgan fingerprint density at radius 3 is 2.68 bits per heavy atom. The zero-order chi connectivity index (χ0) is 15.7. The molecule has 0 aliphatic heterocycles. The molecule has 112 valence electrons. The van der Waals surface area contributed by atoms with E-state index in [1.165, 1.54) is 18.5 Å². The molecular weight excluding hydrogens is 303 g/mol. The summed E-state index contributed by atoms with van der Waals surface area (Å²) in [5, 5.41) is 7.23. The summed E-state index contributed by atoms with van der Waals surface area (Å²) in [6.07, 6.45) is 1.49. The van der Waals surface area contributed by atoms with Crippen LogP contribution in [0, 0.1) is 12.7 Å². The molecule has 6 heteroatoms. The van der Waals surface area contributed by atoms with Gasteiger partial charge in [-0.15, -0.1) is 0 Å². The van der Waals surface area contributed by atoms with Crippen LogP contribution in [-0.2, 0) is 0 Å². The van der Waals surface area contributed by atoms with E-state index in [1.54, 1.807) is 6.07 Å². The van der Waals surface area contributed by atoms with Gasteiger partial charge in [0.25, 0.3) is 0 Å². The van der Waals surface area contributed by atoms with Crippen molar-refractivity contribution < 1.29 is 4.39 Å². The molecule has 0 saturated carbocycles. The average Bonchev–Trinajstić information content (AvgIpc) is 2.50. The monoisotopic (exact) mass is 316 g/mol. The summed E-state index contributed by atoms with van der Waals surface area (Å²) in [6, 6.07) is 8.43. The van der Waals surface area contributed by atoms with Gasteiger partial charge in [-0.05, 0) is 42.8 Å². The van der Waals surface area contributed by atoms with E-state index in [4.69, 9.17) is 11.6 Å². The third-order valence-electron chi connectivity index (χ3n) is 3.43. The van der Waals surface area contributed by atoms with Crippen LogP contribution >= 0.6 is 11.6 Å². The minimum absolute atomic E-state index is 0.0649. The molecule has 1 aromatic heterocycles. The van der Waals surface area contributed by atoms with E-state index in [2.05, 4.69) is 20.6 Å². The van der Waals surface area contributed by atoms with Crippen molar-refractivity contribution >= 4 is 39.7 Å². The minimum Gasteiger partial charge on any atom is -0.388 e. The van der Waals surface area contributed by atoms with Gasteiger partial charge in [-0.25, -0.2) is 14.4 Å². The number of nitrogens with zero attached hydrogens (tertiary/aromatic N) is 2. The minimum atomic E-state index is -0.451. The molecule has 0 aliphatic rings. The Hall–Kier alpha value is -2.40. The van der Waals surface area contributed by atoms with Gasteiger partial charge in [0, 0.05) is 23.8 Å². The normalized spacial score (nSPS) is 10.7. The first kappa shape index (κ1) is 14.5. The molecule has 1 heterocycles. The van der Waals surface area contributed by atoms with Gasteiger partial charge < -0.3 is 10.6 Å². The summed E-state index contributed by atoms with van der Waals surface area (Å²) >= 11 is 5.81. The number of halogens is 2. The highest BCUT2D eigenvalue weighted by molar-refractivity contribution is 6.31. The molecule has 0 radical (unpaired) electrons. The highest BCUT2D eigenvalue weighted by Crippen LogP contribution is 2.29. The van der Waals surface area contributed by atoms with E-state index in [0.717, 1.165) is 22.2 Å². The fraction of sp³-hybridized carbons (Fsp3) is 0.125. The van der Waals surface area contributed by atoms with Crippen LogP contribution < -0.4 is 10.6 Å². The zero-order valence-corrected chi connectivity index (χ0v) is 12.9. The van der Waals surface area contributed by atoms with Gasteiger partial charge in [-0.3, -0.25) is 0 Å². The summed E-state index contributed by atoms with van der Waals surface area (Å²) in [7, 11) is 1.87. The fourth-order valence-electron chi connectivity index (χ4n) is 2.29. The Morgan fingerprint density at radius 1 is 1.14 bits per heavy atom. The molecule has 0 spiro atoms. The number of aryl methyl sites for hydroxylation is 1. The zero-order valence-electron chi connectivity index (χ0n) is 12.1. The van der Waals surface area contributed by atoms with Crippen LogP contribution in [0.2, 0.25) is 5.02 Å². The highest BCUT2D eigenvalue weighted by atomic mass is 35.5. The predicted molar refractivity (Wildman–Crippen MR) is 88.5 cm³/mol. The molecule has 0 saturated heterocycles. The van der Waals surface area contributed by atoms with Gasteiger partial charge in [-0.1, -0.05) is 11.6 Å². The van der Waals surface area contributed by atoms with Gasteiger partial charge in [0.1, 0.15) is 18.0 Å². The standard InChI is InChI=1S/C16H14ClFN4/c1-9-5-15-11(7-14(9)19-2)16(21-8-20-15)22-10-3-4-13(18)12(17)6-10/h3-8,19H,1-2H3,(H,20,21,22). The van der Waals surface area contributed by atoms with Crippen molar-refractivity contribution in [3.63, 3.8) is 0 Å². The second kappa shape index (κ2) is 5.77. The van der Waals surface area contributed by atoms with Crippen molar-refractivity contribution in [2.75, 3.05) is 17.7 Å². The molecule has 2 aromatic carbocycles. The molecule has 3 aromatic rings. The largest absolute Gasteiger partial charge is 0.388 e. The van der Waals surface area contributed by atoms with E-state index < -0.39 is 5.82 Å². The molecule has 0 fully saturated rings. The lowest BCUT2D eigenvalue weighted by Gasteiger charge is -2.11. The Morgan fingerprint density at radius 2 is 1.95 bits per heavy atom. The van der Waals surface area contributed by atoms with Crippen LogP contribution in [0.25, 0.3) is 10.9 Å². The van der Waals surface area contributed by atoms with Gasteiger partial charge in [-0.2, -0.15) is 0 Å². The van der Waals surface area contributed by atoms with Crippen molar-refractivity contribution in [1.29, 1.82) is 0 Å². The Bertz CT molecular complexity index is 851. The summed E-state index contributed by atoms with van der Waals surface area (Å²) < 4.78 is 13.2. The van der Waals surface area contributed by atoms with Crippen LogP contribution in [-0.4, -0.2) is 17.0 Å². The summed E-state index contributed by atoms with van der Waals surface area (Å²) in [5.41, 5.74) is 3.60. The lowest BCUT2D eigenvalue weighted by atomic mass is 10.1. The van der Waals surface area contributed by atoms with Crippen LogP contribution in [0.1, 0.15) is 5.56 Å². The van der Waals surface area contributed by atoms with Crippen LogP contribution in [0.5, 0.6) is 0 Å². The second-order valence-corrected chi connectivity index (χ2v) is 5.32. The highest BCUT2D eigenvalue weighted by Gasteiger charge is 2.08. The lowest BCUT2D eigenvalue weighted by molar-refractivity contribution is 0.628. The van der Waals surface area contributed by atoms with Gasteiger partial charge >= 0.3 is 0 Å². The maximum atomic E-state index is 13.2. The van der Waals surface area contributed by atoms with Gasteiger partial charge in [0.15, 0.2) is 0 Å². The lowest BCUT2D eigenvalue weighted by Crippen LogP contribution is -1.98. The topological polar surface area (TPSA) is 49.8 Å². The third kappa shape index (κ3) is 2.67. The molecule has 0 atom stereocenters. The van der Waals surface area contributed by atoms with E-state index in [0.29, 0.717) is 11.5 Å². The van der Waals surface area contributed by atoms with Crippen molar-refractivity contribution in [1.82, 2.24) is 9.97 Å². The predicted octanol–water partition coefficient (Wildman–Crippen LogP) is 4.52. The number of rotatable bonds is 3. The SMILES string of the molecule is CNc1cc2c(Nc3ccc(F)c(Cl)c3)ncnc2cc1C. The van der Waals surface area contributed by atoms with Crippen LogP contribution in [0.4, 0.5) is 21.6 Å². The molecule has 0 unspecified atom stereocenters. The van der Waals surface area contributed by atoms with E-state index >= 15 is 0 Å². The van der Waals surface area contributed by atoms with Gasteiger partial charge in [0.05, 0.1) is 10.5 Å². The third-order valence-corrected chi connectivity index (χ3v) is 3.72. The van der Waals surface area contributed by atoms with Crippen LogP contribution in [0.15, 0.2) is 36.7 Å². The van der Waals surface area contributed by atoms with Crippen molar-refractivity contribution in [2.45, 2.75) is 6.92 Å². The maximum Gasteiger partial charge on any atom is 0.141 e. The molecule has 0 amide bonds. The second-order valence-electron chi connectivity index (χ2n) is 4.91. The fourth-order valence-corrected chi connectivity index (χ4v) is 2.47. The average molecular weight is 317 g/mol. The quantitative estimate of drug-likeness (QED) is 0.746. The molecular formula is C16H14ClFN4. The van der Waals surface area contributed by atoms with E-state index in [-0.39, 0.29) is 5.02 Å². The number of benzene rings is 2. The molecule has 22 heavy (non-hydrogen) atoms. The number of nitrogens with one attached hydrogen (secondary N) is 2. The van der Waals surface area contributed by atoms with E-state index in [1.807, 2.05) is 26.1 Å². The molecule has 3 rings (SSSR count). The number of anilines is 3. The Kier molecular flexibility index (Phi) is 3.81. The van der Waals surface area contributed by atoms with Crippen molar-refractivity contribution in [2.24, 2.45) is 0 Å². The van der Waals surface area contributed by atoms with Crippen LogP contribution in [0.3, 0.4) is 0 Å². The molecule has 0 aliphatic carbocycles. The molecule has 4 nitrogen and oxygen atoms in total. The summed E-state index contributed by atoms with van der Waals surface area (Å²) in [6.45, 7) is 2.01. The Labute approximate surface area is 132 Å². The summed E-state index contributed by atoms with van der Waals surface area (Å²) in [5.74, 6) is 0.192. The maximum absolute atomic E-state index is 13.2. The molecule has 0 bridgehead atoms.